The Morgan fingerprint density at radius 2 is 2.28 bits per heavy atom. The SMILES string of the molecule is CCOC1CCN(C(=O)Cc2csc(C)n2)CC1. The lowest BCUT2D eigenvalue weighted by Gasteiger charge is -2.31. The number of ether oxygens (including phenoxy) is 1. The lowest BCUT2D eigenvalue weighted by Crippen LogP contribution is -2.41. The zero-order valence-corrected chi connectivity index (χ0v) is 11.8. The standard InChI is InChI=1S/C13H20N2O2S/c1-3-17-12-4-6-15(7-5-12)13(16)8-11-9-18-10(2)14-11/h9,12H,3-8H2,1-2H3. The van der Waals surface area contributed by atoms with Crippen molar-refractivity contribution in [1.29, 1.82) is 0 Å². The molecule has 0 saturated carbocycles. The first-order chi connectivity index (χ1) is 8.69. The highest BCUT2D eigenvalue weighted by molar-refractivity contribution is 7.09. The molecular weight excluding hydrogens is 248 g/mol. The van der Waals surface area contributed by atoms with Crippen molar-refractivity contribution < 1.29 is 9.53 Å². The van der Waals surface area contributed by atoms with E-state index in [1.165, 1.54) is 0 Å². The Balaban J connectivity index is 1.80. The van der Waals surface area contributed by atoms with Crippen LogP contribution < -0.4 is 0 Å². The normalized spacial score (nSPS) is 17.1. The molecule has 0 spiro atoms. The highest BCUT2D eigenvalue weighted by Gasteiger charge is 2.23. The Hall–Kier alpha value is -0.940. The zero-order valence-electron chi connectivity index (χ0n) is 11.0. The number of aromatic nitrogens is 1. The second-order valence-corrected chi connectivity index (χ2v) is 5.63. The van der Waals surface area contributed by atoms with E-state index in [1.807, 2.05) is 24.1 Å². The van der Waals surface area contributed by atoms with Gasteiger partial charge in [-0.2, -0.15) is 0 Å². The minimum absolute atomic E-state index is 0.190. The summed E-state index contributed by atoms with van der Waals surface area (Å²) in [6.07, 6.45) is 2.68. The van der Waals surface area contributed by atoms with Gasteiger partial charge in [-0.15, -0.1) is 11.3 Å². The maximum Gasteiger partial charge on any atom is 0.228 e. The number of aryl methyl sites for hydroxylation is 1. The zero-order chi connectivity index (χ0) is 13.0. The van der Waals surface area contributed by atoms with Gasteiger partial charge in [-0.25, -0.2) is 4.98 Å². The van der Waals surface area contributed by atoms with Crippen molar-refractivity contribution in [2.24, 2.45) is 0 Å². The first kappa shape index (κ1) is 13.5. The van der Waals surface area contributed by atoms with Gasteiger partial charge in [0.1, 0.15) is 0 Å². The predicted molar refractivity (Wildman–Crippen MR) is 71.8 cm³/mol. The van der Waals surface area contributed by atoms with Gasteiger partial charge < -0.3 is 9.64 Å². The van der Waals surface area contributed by atoms with E-state index in [4.69, 9.17) is 4.74 Å². The largest absolute Gasteiger partial charge is 0.378 e. The van der Waals surface area contributed by atoms with Crippen LogP contribution in [0, 0.1) is 6.92 Å². The minimum atomic E-state index is 0.190. The number of rotatable bonds is 4. The summed E-state index contributed by atoms with van der Waals surface area (Å²) in [4.78, 5) is 18.4. The monoisotopic (exact) mass is 268 g/mol. The summed E-state index contributed by atoms with van der Waals surface area (Å²) in [5.41, 5.74) is 0.898. The van der Waals surface area contributed by atoms with Crippen LogP contribution in [0.15, 0.2) is 5.38 Å². The fourth-order valence-corrected chi connectivity index (χ4v) is 2.88. The summed E-state index contributed by atoms with van der Waals surface area (Å²) in [5.74, 6) is 0.190. The number of piperidine rings is 1. The number of hydrogen-bond acceptors (Lipinski definition) is 4. The molecule has 1 amide bonds. The quantitative estimate of drug-likeness (QED) is 0.839. The minimum Gasteiger partial charge on any atom is -0.378 e. The third kappa shape index (κ3) is 3.53. The molecule has 0 bridgehead atoms. The molecule has 1 aromatic rings. The molecule has 1 fully saturated rings. The van der Waals surface area contributed by atoms with E-state index in [1.54, 1.807) is 11.3 Å². The third-order valence-corrected chi connectivity index (χ3v) is 4.02. The Labute approximate surface area is 112 Å². The highest BCUT2D eigenvalue weighted by atomic mass is 32.1. The molecule has 1 saturated heterocycles. The maximum atomic E-state index is 12.1. The lowest BCUT2D eigenvalue weighted by molar-refractivity contribution is -0.133. The highest BCUT2D eigenvalue weighted by Crippen LogP contribution is 2.15. The molecule has 0 aromatic carbocycles. The number of likely N-dealkylation sites (tertiary alicyclic amines) is 1. The average Bonchev–Trinajstić information content (AvgIpc) is 2.76. The second-order valence-electron chi connectivity index (χ2n) is 4.57. The molecule has 0 atom stereocenters. The van der Waals surface area contributed by atoms with E-state index in [-0.39, 0.29) is 5.91 Å². The molecule has 1 aliphatic rings. The van der Waals surface area contributed by atoms with Gasteiger partial charge in [-0.1, -0.05) is 0 Å². The number of thiazole rings is 1. The molecule has 0 aliphatic carbocycles. The third-order valence-electron chi connectivity index (χ3n) is 3.20. The van der Waals surface area contributed by atoms with E-state index >= 15 is 0 Å². The molecule has 18 heavy (non-hydrogen) atoms. The van der Waals surface area contributed by atoms with E-state index < -0.39 is 0 Å². The lowest BCUT2D eigenvalue weighted by atomic mass is 10.1. The van der Waals surface area contributed by atoms with Crippen LogP contribution in [0.4, 0.5) is 0 Å². The summed E-state index contributed by atoms with van der Waals surface area (Å²) < 4.78 is 5.58. The van der Waals surface area contributed by atoms with Crippen molar-refractivity contribution in [2.45, 2.75) is 39.2 Å². The van der Waals surface area contributed by atoms with Crippen molar-refractivity contribution in [1.82, 2.24) is 9.88 Å². The molecule has 0 radical (unpaired) electrons. The van der Waals surface area contributed by atoms with Gasteiger partial charge in [0.05, 0.1) is 23.2 Å². The Bertz CT molecular complexity index is 397. The number of carbonyl (C=O) groups is 1. The first-order valence-electron chi connectivity index (χ1n) is 6.49. The van der Waals surface area contributed by atoms with Gasteiger partial charge in [0.25, 0.3) is 0 Å². The fourth-order valence-electron chi connectivity index (χ4n) is 2.26. The average molecular weight is 268 g/mol. The van der Waals surface area contributed by atoms with Crippen molar-refractivity contribution in [2.75, 3.05) is 19.7 Å². The molecule has 1 aromatic heterocycles. The first-order valence-corrected chi connectivity index (χ1v) is 7.37. The molecule has 2 rings (SSSR count). The van der Waals surface area contributed by atoms with Crippen LogP contribution >= 0.6 is 11.3 Å². The molecule has 0 unspecified atom stereocenters. The van der Waals surface area contributed by atoms with Crippen LogP contribution in [0.3, 0.4) is 0 Å². The van der Waals surface area contributed by atoms with Crippen LogP contribution in [0.2, 0.25) is 0 Å². The van der Waals surface area contributed by atoms with E-state index in [0.29, 0.717) is 12.5 Å². The van der Waals surface area contributed by atoms with Crippen LogP contribution in [0.25, 0.3) is 0 Å². The topological polar surface area (TPSA) is 42.4 Å². The number of amides is 1. The van der Waals surface area contributed by atoms with Gasteiger partial charge >= 0.3 is 0 Å². The maximum absolute atomic E-state index is 12.1. The van der Waals surface area contributed by atoms with Gasteiger partial charge in [0, 0.05) is 25.1 Å². The molecule has 4 nitrogen and oxygen atoms in total. The van der Waals surface area contributed by atoms with Crippen LogP contribution in [0.1, 0.15) is 30.5 Å². The van der Waals surface area contributed by atoms with E-state index in [9.17, 15) is 4.79 Å². The number of carbonyl (C=O) groups excluding carboxylic acids is 1. The van der Waals surface area contributed by atoms with Crippen molar-refractivity contribution in [3.8, 4) is 0 Å². The Kier molecular flexibility index (Phi) is 4.72. The molecule has 0 N–H and O–H groups in total. The Morgan fingerprint density at radius 3 is 2.83 bits per heavy atom. The van der Waals surface area contributed by atoms with Crippen molar-refractivity contribution in [3.05, 3.63) is 16.1 Å². The predicted octanol–water partition coefficient (Wildman–Crippen LogP) is 2.02. The van der Waals surface area contributed by atoms with Gasteiger partial charge in [0.15, 0.2) is 0 Å². The summed E-state index contributed by atoms with van der Waals surface area (Å²) in [7, 11) is 0. The van der Waals surface area contributed by atoms with Crippen molar-refractivity contribution >= 4 is 17.2 Å². The summed E-state index contributed by atoms with van der Waals surface area (Å²) in [6.45, 7) is 6.37. The van der Waals surface area contributed by atoms with E-state index in [2.05, 4.69) is 4.98 Å². The number of nitrogens with zero attached hydrogens (tertiary/aromatic N) is 2. The Morgan fingerprint density at radius 1 is 1.56 bits per heavy atom. The van der Waals surface area contributed by atoms with E-state index in [0.717, 1.165) is 43.2 Å². The molecular formula is C13H20N2O2S. The van der Waals surface area contributed by atoms with Gasteiger partial charge in [0.2, 0.25) is 5.91 Å². The van der Waals surface area contributed by atoms with Crippen LogP contribution in [0.5, 0.6) is 0 Å². The molecule has 100 valence electrons. The van der Waals surface area contributed by atoms with Crippen molar-refractivity contribution in [3.63, 3.8) is 0 Å². The summed E-state index contributed by atoms with van der Waals surface area (Å²) in [6, 6.07) is 0. The van der Waals surface area contributed by atoms with Crippen LogP contribution in [-0.4, -0.2) is 41.6 Å². The molecule has 1 aliphatic heterocycles. The van der Waals surface area contributed by atoms with Gasteiger partial charge in [-0.3, -0.25) is 4.79 Å². The fraction of sp³-hybridized carbons (Fsp3) is 0.692. The van der Waals surface area contributed by atoms with Crippen LogP contribution in [-0.2, 0) is 16.0 Å². The molecule has 2 heterocycles. The summed E-state index contributed by atoms with van der Waals surface area (Å²) >= 11 is 1.60. The second kappa shape index (κ2) is 6.29. The van der Waals surface area contributed by atoms with Gasteiger partial charge in [-0.05, 0) is 26.7 Å². The smallest absolute Gasteiger partial charge is 0.228 e. The number of hydrogen-bond donors (Lipinski definition) is 0. The summed E-state index contributed by atoms with van der Waals surface area (Å²) in [5, 5.41) is 2.99. The molecule has 5 heteroatoms.